The van der Waals surface area contributed by atoms with Gasteiger partial charge in [0.25, 0.3) is 0 Å². The number of piperidine rings is 1. The molecule has 2 saturated heterocycles. The number of hydrogen-bond acceptors (Lipinski definition) is 3. The third kappa shape index (κ3) is 5.93. The van der Waals surface area contributed by atoms with Gasteiger partial charge < -0.3 is 14.9 Å². The van der Waals surface area contributed by atoms with Crippen LogP contribution in [-0.4, -0.2) is 64.0 Å². The number of likely N-dealkylation sites (tertiary alicyclic amines) is 2. The van der Waals surface area contributed by atoms with Crippen molar-refractivity contribution in [3.05, 3.63) is 70.0 Å². The largest absolute Gasteiger partial charge is 0.480 e. The molecule has 2 aliphatic heterocycles. The first-order chi connectivity index (χ1) is 19.4. The number of aryl methyl sites for hydroxylation is 1. The minimum absolute atomic E-state index is 0.0396. The number of carbonyl (C=O) groups is 2. The molecule has 4 rings (SSSR count). The van der Waals surface area contributed by atoms with Crippen LogP contribution in [0.3, 0.4) is 0 Å². The van der Waals surface area contributed by atoms with Gasteiger partial charge in [0.2, 0.25) is 0 Å². The van der Waals surface area contributed by atoms with Gasteiger partial charge in [-0.3, -0.25) is 9.69 Å². The van der Waals surface area contributed by atoms with Gasteiger partial charge in [-0.15, -0.1) is 0 Å². The van der Waals surface area contributed by atoms with Gasteiger partial charge in [-0.1, -0.05) is 6.07 Å². The van der Waals surface area contributed by atoms with E-state index >= 15 is 0 Å². The number of benzene rings is 2. The summed E-state index contributed by atoms with van der Waals surface area (Å²) < 4.78 is 94.9. The van der Waals surface area contributed by atoms with E-state index in [1.54, 1.807) is 24.9 Å². The highest BCUT2D eigenvalue weighted by atomic mass is 19.4. The quantitative estimate of drug-likeness (QED) is 0.381. The second-order valence-electron chi connectivity index (χ2n) is 11.3. The van der Waals surface area contributed by atoms with Gasteiger partial charge in [0.15, 0.2) is 0 Å². The molecular weight excluding hydrogens is 571 g/mol. The Morgan fingerprint density at radius 1 is 1.02 bits per heavy atom. The number of carbonyl (C=O) groups excluding carboxylic acids is 1. The first kappa shape index (κ1) is 31.6. The van der Waals surface area contributed by atoms with Gasteiger partial charge in [0.05, 0.1) is 23.2 Å². The molecule has 0 saturated carbocycles. The van der Waals surface area contributed by atoms with E-state index < -0.39 is 65.0 Å². The number of likely N-dealkylation sites (N-methyl/N-ethyl adjacent to an activating group) is 1. The van der Waals surface area contributed by atoms with Crippen LogP contribution < -0.4 is 0 Å². The van der Waals surface area contributed by atoms with Crippen LogP contribution in [0.5, 0.6) is 0 Å². The fourth-order valence-electron chi connectivity index (χ4n) is 6.33. The van der Waals surface area contributed by atoms with Crippen LogP contribution in [0.4, 0.5) is 35.5 Å². The SMILES string of the molecule is Cc1cc(F)ccc1[C@H]1C[C@]2(CC[C@H](C(=O)O)N2C)CCN1C(=O)N(C)[C@H](C)c1cc(C(F)(F)F)cc(C(F)(F)F)c1. The van der Waals surface area contributed by atoms with Gasteiger partial charge in [-0.25, -0.2) is 9.18 Å². The normalized spacial score (nSPS) is 24.2. The Kier molecular flexibility index (Phi) is 8.31. The van der Waals surface area contributed by atoms with Crippen molar-refractivity contribution < 1.29 is 45.4 Å². The molecule has 4 atom stereocenters. The van der Waals surface area contributed by atoms with Crippen LogP contribution in [0.1, 0.15) is 72.5 Å². The molecule has 1 N–H and O–H groups in total. The first-order valence-electron chi connectivity index (χ1n) is 13.4. The molecule has 6 nitrogen and oxygen atoms in total. The first-order valence-corrected chi connectivity index (χ1v) is 13.4. The molecule has 2 amide bonds. The molecule has 0 aliphatic carbocycles. The summed E-state index contributed by atoms with van der Waals surface area (Å²) in [5, 5.41) is 9.68. The topological polar surface area (TPSA) is 64.1 Å². The minimum atomic E-state index is -5.04. The summed E-state index contributed by atoms with van der Waals surface area (Å²) in [7, 11) is 3.03. The molecule has 2 fully saturated rings. The molecule has 2 aromatic carbocycles. The lowest BCUT2D eigenvalue weighted by Gasteiger charge is -2.50. The number of alkyl halides is 6. The van der Waals surface area contributed by atoms with Gasteiger partial charge in [-0.2, -0.15) is 26.3 Å². The van der Waals surface area contributed by atoms with Crippen LogP contribution >= 0.6 is 0 Å². The number of amides is 2. The molecule has 1 spiro atoms. The third-order valence-corrected chi connectivity index (χ3v) is 8.96. The van der Waals surface area contributed by atoms with Crippen molar-refractivity contribution in [3.63, 3.8) is 0 Å². The molecule has 0 aromatic heterocycles. The summed E-state index contributed by atoms with van der Waals surface area (Å²) in [6.45, 7) is 3.16. The maximum absolute atomic E-state index is 14.0. The highest BCUT2D eigenvalue weighted by Gasteiger charge is 2.52. The number of carboxylic acids is 1. The van der Waals surface area contributed by atoms with E-state index in [0.29, 0.717) is 48.9 Å². The monoisotopic (exact) mass is 603 g/mol. The van der Waals surface area contributed by atoms with Crippen LogP contribution in [0, 0.1) is 12.7 Å². The number of aliphatic carboxylic acids is 1. The molecule has 2 heterocycles. The highest BCUT2D eigenvalue weighted by molar-refractivity contribution is 5.76. The molecule has 230 valence electrons. The summed E-state index contributed by atoms with van der Waals surface area (Å²) >= 11 is 0. The molecule has 2 aromatic rings. The second kappa shape index (κ2) is 11.1. The molecule has 0 bridgehead atoms. The predicted octanol–water partition coefficient (Wildman–Crippen LogP) is 7.04. The molecule has 0 unspecified atom stereocenters. The Morgan fingerprint density at radius 3 is 2.12 bits per heavy atom. The molecule has 42 heavy (non-hydrogen) atoms. The summed E-state index contributed by atoms with van der Waals surface area (Å²) in [4.78, 5) is 30.1. The fraction of sp³-hybridized carbons (Fsp3) is 0.517. The number of hydrogen-bond donors (Lipinski definition) is 1. The van der Waals surface area contributed by atoms with E-state index in [1.165, 1.54) is 31.0 Å². The van der Waals surface area contributed by atoms with E-state index in [0.717, 1.165) is 4.90 Å². The minimum Gasteiger partial charge on any atom is -0.480 e. The number of urea groups is 1. The Morgan fingerprint density at radius 2 is 1.62 bits per heavy atom. The summed E-state index contributed by atoms with van der Waals surface area (Å²) in [5.41, 5.74) is -2.69. The Balaban J connectivity index is 1.70. The second-order valence-corrected chi connectivity index (χ2v) is 11.3. The van der Waals surface area contributed by atoms with Gasteiger partial charge in [-0.05, 0) is 93.6 Å². The lowest BCUT2D eigenvalue weighted by Crippen LogP contribution is -2.57. The lowest BCUT2D eigenvalue weighted by atomic mass is 9.78. The number of rotatable bonds is 4. The average molecular weight is 604 g/mol. The van der Waals surface area contributed by atoms with E-state index in [2.05, 4.69) is 0 Å². The molecule has 2 aliphatic rings. The van der Waals surface area contributed by atoms with Gasteiger partial charge >= 0.3 is 24.4 Å². The molecule has 0 radical (unpaired) electrons. The van der Waals surface area contributed by atoms with Crippen molar-refractivity contribution in [2.75, 3.05) is 20.6 Å². The van der Waals surface area contributed by atoms with E-state index in [4.69, 9.17) is 0 Å². The van der Waals surface area contributed by atoms with Crippen LogP contribution in [0.2, 0.25) is 0 Å². The van der Waals surface area contributed by atoms with Crippen molar-refractivity contribution >= 4 is 12.0 Å². The smallest absolute Gasteiger partial charge is 0.416 e. The number of carboxylic acid groups (broad SMARTS) is 1. The Hall–Kier alpha value is -3.35. The van der Waals surface area contributed by atoms with Crippen LogP contribution in [0.25, 0.3) is 0 Å². The van der Waals surface area contributed by atoms with Gasteiger partial charge in [0.1, 0.15) is 11.9 Å². The molecule has 13 heteroatoms. The maximum Gasteiger partial charge on any atom is 0.416 e. The standard InChI is InChI=1S/C29H32F7N3O3/c1-16-11-21(30)5-6-22(16)24-15-27(8-7-23(25(40)41)38(27)4)9-10-39(24)26(42)37(3)17(2)18-12-19(28(31,32)33)14-20(13-18)29(34,35)36/h5-6,11-14,17,23-24H,7-10,15H2,1-4H3,(H,40,41)/t17-,23-,24-,27+/m1/s1. The summed E-state index contributed by atoms with van der Waals surface area (Å²) in [6, 6.07) is 2.19. The van der Waals surface area contributed by atoms with E-state index in [-0.39, 0.29) is 18.2 Å². The number of nitrogens with zero attached hydrogens (tertiary/aromatic N) is 3. The van der Waals surface area contributed by atoms with Crippen molar-refractivity contribution in [1.29, 1.82) is 0 Å². The fourth-order valence-corrected chi connectivity index (χ4v) is 6.33. The zero-order chi connectivity index (χ0) is 31.4. The average Bonchev–Trinajstić information content (AvgIpc) is 3.21. The summed E-state index contributed by atoms with van der Waals surface area (Å²) in [5.74, 6) is -1.45. The lowest BCUT2D eigenvalue weighted by molar-refractivity contribution is -0.144. The number of halogens is 7. The Bertz CT molecular complexity index is 1330. The van der Waals surface area contributed by atoms with E-state index in [1.807, 2.05) is 0 Å². The Labute approximate surface area is 238 Å². The van der Waals surface area contributed by atoms with Crippen molar-refractivity contribution in [1.82, 2.24) is 14.7 Å². The van der Waals surface area contributed by atoms with Crippen LogP contribution in [0.15, 0.2) is 36.4 Å². The zero-order valence-electron chi connectivity index (χ0n) is 23.5. The predicted molar refractivity (Wildman–Crippen MR) is 139 cm³/mol. The molecular formula is C29H32F7N3O3. The zero-order valence-corrected chi connectivity index (χ0v) is 23.5. The van der Waals surface area contributed by atoms with Crippen molar-refractivity contribution in [3.8, 4) is 0 Å². The van der Waals surface area contributed by atoms with Gasteiger partial charge in [0, 0.05) is 19.1 Å². The van der Waals surface area contributed by atoms with Crippen molar-refractivity contribution in [2.24, 2.45) is 0 Å². The van der Waals surface area contributed by atoms with E-state index in [9.17, 15) is 45.4 Å². The van der Waals surface area contributed by atoms with Crippen molar-refractivity contribution in [2.45, 2.75) is 75.5 Å². The maximum atomic E-state index is 14.0. The van der Waals surface area contributed by atoms with Crippen LogP contribution in [-0.2, 0) is 17.1 Å². The highest BCUT2D eigenvalue weighted by Crippen LogP contribution is 2.48. The third-order valence-electron chi connectivity index (χ3n) is 8.96. The summed E-state index contributed by atoms with van der Waals surface area (Å²) in [6.07, 6.45) is -8.40.